The highest BCUT2D eigenvalue weighted by Gasteiger charge is 2.18. The molecule has 1 rings (SSSR count). The Hall–Kier alpha value is -1.18. The summed E-state index contributed by atoms with van der Waals surface area (Å²) in [5.74, 6) is 0.326. The molecule has 84 valence electrons. The molecule has 15 heavy (non-hydrogen) atoms. The van der Waals surface area contributed by atoms with E-state index in [2.05, 4.69) is 15.1 Å². The summed E-state index contributed by atoms with van der Waals surface area (Å²) in [6.07, 6.45) is 1.53. The lowest BCUT2D eigenvalue weighted by molar-refractivity contribution is 0.364. The van der Waals surface area contributed by atoms with Gasteiger partial charge in [-0.15, -0.1) is 4.83 Å². The van der Waals surface area contributed by atoms with Gasteiger partial charge < -0.3 is 5.32 Å². The molecule has 0 atom stereocenters. The topological polar surface area (TPSA) is 74.3 Å². The lowest BCUT2D eigenvalue weighted by atomic mass is 10.5. The molecule has 0 aliphatic rings. The smallest absolute Gasteiger partial charge is 0.257 e. The van der Waals surface area contributed by atoms with Gasteiger partial charge in [0.05, 0.1) is 0 Å². The summed E-state index contributed by atoms with van der Waals surface area (Å²) in [5.41, 5.74) is 0. The molecule has 0 aromatic carbocycles. The van der Waals surface area contributed by atoms with Crippen molar-refractivity contribution in [2.75, 3.05) is 26.5 Å². The van der Waals surface area contributed by atoms with E-state index in [9.17, 15) is 8.42 Å². The second kappa shape index (κ2) is 4.56. The summed E-state index contributed by atoms with van der Waals surface area (Å²) in [4.78, 5) is 6.38. The van der Waals surface area contributed by atoms with Crippen molar-refractivity contribution in [1.82, 2.24) is 14.8 Å². The number of nitrogens with zero attached hydrogens (tertiary/aromatic N) is 2. The second-order valence-corrected chi connectivity index (χ2v) is 4.72. The predicted molar refractivity (Wildman–Crippen MR) is 57.8 cm³/mol. The van der Waals surface area contributed by atoms with E-state index in [1.165, 1.54) is 17.3 Å². The first-order chi connectivity index (χ1) is 6.97. The minimum Gasteiger partial charge on any atom is -0.372 e. The highest BCUT2D eigenvalue weighted by molar-refractivity contribution is 7.89. The van der Waals surface area contributed by atoms with Gasteiger partial charge in [0.2, 0.25) is 0 Å². The van der Waals surface area contributed by atoms with Crippen molar-refractivity contribution in [3.05, 3.63) is 18.3 Å². The van der Waals surface area contributed by atoms with E-state index in [-0.39, 0.29) is 4.90 Å². The molecule has 0 aliphatic heterocycles. The van der Waals surface area contributed by atoms with Crippen LogP contribution in [0.2, 0.25) is 0 Å². The van der Waals surface area contributed by atoms with Crippen LogP contribution in [-0.4, -0.2) is 39.6 Å². The van der Waals surface area contributed by atoms with Gasteiger partial charge in [-0.25, -0.2) is 18.4 Å². The first-order valence-corrected chi connectivity index (χ1v) is 5.78. The van der Waals surface area contributed by atoms with Crippen molar-refractivity contribution in [3.8, 4) is 0 Å². The van der Waals surface area contributed by atoms with Crippen molar-refractivity contribution in [1.29, 1.82) is 0 Å². The molecule has 0 fully saturated rings. The van der Waals surface area contributed by atoms with Crippen LogP contribution in [0.1, 0.15) is 0 Å². The summed E-state index contributed by atoms with van der Waals surface area (Å²) < 4.78 is 23.6. The fourth-order valence-corrected chi connectivity index (χ4v) is 2.33. The van der Waals surface area contributed by atoms with Crippen molar-refractivity contribution < 1.29 is 8.42 Å². The van der Waals surface area contributed by atoms with Crippen molar-refractivity contribution in [2.45, 2.75) is 4.90 Å². The maximum atomic E-state index is 11.8. The maximum Gasteiger partial charge on any atom is 0.257 e. The monoisotopic (exact) mass is 230 g/mol. The third-order valence-corrected chi connectivity index (χ3v) is 3.11. The van der Waals surface area contributed by atoms with Crippen LogP contribution < -0.4 is 10.1 Å². The Morgan fingerprint density at radius 1 is 1.40 bits per heavy atom. The molecule has 7 heteroatoms. The summed E-state index contributed by atoms with van der Waals surface area (Å²) >= 11 is 0. The number of sulfonamides is 1. The first-order valence-electron chi connectivity index (χ1n) is 4.30. The van der Waals surface area contributed by atoms with Crippen LogP contribution in [-0.2, 0) is 10.0 Å². The highest BCUT2D eigenvalue weighted by Crippen LogP contribution is 2.16. The zero-order valence-corrected chi connectivity index (χ0v) is 9.67. The number of hydrogen-bond donors (Lipinski definition) is 2. The van der Waals surface area contributed by atoms with Crippen LogP contribution in [0.5, 0.6) is 0 Å². The molecule has 0 amide bonds. The van der Waals surface area contributed by atoms with E-state index >= 15 is 0 Å². The minimum absolute atomic E-state index is 0.126. The average Bonchev–Trinajstić information content (AvgIpc) is 2.16. The van der Waals surface area contributed by atoms with Crippen LogP contribution in [0.15, 0.2) is 23.2 Å². The number of aromatic nitrogens is 1. The number of nitrogens with one attached hydrogen (secondary N) is 2. The number of hydrazine groups is 1. The Labute approximate surface area is 89.3 Å². The minimum atomic E-state index is -3.55. The van der Waals surface area contributed by atoms with Crippen LogP contribution in [0.4, 0.5) is 5.82 Å². The second-order valence-electron chi connectivity index (χ2n) is 3.09. The first kappa shape index (κ1) is 11.9. The van der Waals surface area contributed by atoms with Gasteiger partial charge in [0, 0.05) is 27.3 Å². The molecule has 1 aromatic rings. The van der Waals surface area contributed by atoms with Gasteiger partial charge in [-0.1, -0.05) is 0 Å². The Balaban J connectivity index is 3.15. The lowest BCUT2D eigenvalue weighted by Gasteiger charge is -2.14. The molecule has 1 heterocycles. The Morgan fingerprint density at radius 3 is 2.60 bits per heavy atom. The Kier molecular flexibility index (Phi) is 3.61. The molecule has 0 aliphatic carbocycles. The van der Waals surface area contributed by atoms with Gasteiger partial charge in [0.1, 0.15) is 10.7 Å². The van der Waals surface area contributed by atoms with Crippen molar-refractivity contribution in [3.63, 3.8) is 0 Å². The molecular formula is C8H14N4O2S. The quantitative estimate of drug-likeness (QED) is 0.705. The van der Waals surface area contributed by atoms with Gasteiger partial charge in [-0.3, -0.25) is 0 Å². The molecule has 0 spiro atoms. The van der Waals surface area contributed by atoms with Crippen LogP contribution >= 0.6 is 0 Å². The summed E-state index contributed by atoms with van der Waals surface area (Å²) in [6.45, 7) is 0. The van der Waals surface area contributed by atoms with Crippen molar-refractivity contribution >= 4 is 15.8 Å². The summed E-state index contributed by atoms with van der Waals surface area (Å²) in [6, 6.07) is 3.07. The molecular weight excluding hydrogens is 216 g/mol. The number of hydrogen-bond acceptors (Lipinski definition) is 5. The number of pyridine rings is 1. The fourth-order valence-electron chi connectivity index (χ4n) is 1.08. The van der Waals surface area contributed by atoms with Gasteiger partial charge >= 0.3 is 0 Å². The highest BCUT2D eigenvalue weighted by atomic mass is 32.2. The van der Waals surface area contributed by atoms with E-state index in [1.807, 2.05) is 0 Å². The SMILES string of the molecule is CNc1ncccc1S(=O)(=O)NN(C)C. The zero-order valence-electron chi connectivity index (χ0n) is 8.85. The van der Waals surface area contributed by atoms with Gasteiger partial charge in [0.15, 0.2) is 0 Å². The van der Waals surface area contributed by atoms with E-state index in [0.717, 1.165) is 0 Å². The van der Waals surface area contributed by atoms with E-state index in [1.54, 1.807) is 27.2 Å². The average molecular weight is 230 g/mol. The molecule has 0 unspecified atom stereocenters. The molecule has 1 aromatic heterocycles. The number of rotatable bonds is 4. The molecule has 6 nitrogen and oxygen atoms in total. The third kappa shape index (κ3) is 2.88. The molecule has 0 saturated heterocycles. The van der Waals surface area contributed by atoms with Crippen LogP contribution in [0.3, 0.4) is 0 Å². The zero-order chi connectivity index (χ0) is 11.5. The fraction of sp³-hybridized carbons (Fsp3) is 0.375. The normalized spacial score (nSPS) is 11.7. The van der Waals surface area contributed by atoms with Crippen LogP contribution in [0, 0.1) is 0 Å². The lowest BCUT2D eigenvalue weighted by Crippen LogP contribution is -2.36. The summed E-state index contributed by atoms with van der Waals surface area (Å²) in [5, 5.41) is 4.09. The number of anilines is 1. The maximum absolute atomic E-state index is 11.8. The van der Waals surface area contributed by atoms with E-state index in [0.29, 0.717) is 5.82 Å². The Bertz CT molecular complexity index is 430. The largest absolute Gasteiger partial charge is 0.372 e. The Morgan fingerprint density at radius 2 is 2.07 bits per heavy atom. The van der Waals surface area contributed by atoms with E-state index < -0.39 is 10.0 Å². The summed E-state index contributed by atoms with van der Waals surface area (Å²) in [7, 11) is 1.28. The third-order valence-electron chi connectivity index (χ3n) is 1.60. The molecule has 0 radical (unpaired) electrons. The van der Waals surface area contributed by atoms with Gasteiger partial charge in [0.25, 0.3) is 10.0 Å². The van der Waals surface area contributed by atoms with Crippen LogP contribution in [0.25, 0.3) is 0 Å². The van der Waals surface area contributed by atoms with Crippen molar-refractivity contribution in [2.24, 2.45) is 0 Å². The predicted octanol–water partition coefficient (Wildman–Crippen LogP) is -0.122. The molecule has 0 bridgehead atoms. The van der Waals surface area contributed by atoms with Gasteiger partial charge in [-0.2, -0.15) is 0 Å². The molecule has 0 saturated carbocycles. The standard InChI is InChI=1S/C8H14N4O2S/c1-9-8-7(5-4-6-10-8)15(13,14)11-12(2)3/h4-6,11H,1-3H3,(H,9,10). The van der Waals surface area contributed by atoms with Gasteiger partial charge in [-0.05, 0) is 12.1 Å². The van der Waals surface area contributed by atoms with E-state index in [4.69, 9.17) is 0 Å². The molecule has 2 N–H and O–H groups in total.